The van der Waals surface area contributed by atoms with Crippen molar-refractivity contribution in [2.45, 2.75) is 47.8 Å². The zero-order valence-electron chi connectivity index (χ0n) is 13.8. The van der Waals surface area contributed by atoms with Crippen LogP contribution in [0.15, 0.2) is 33.1 Å². The Balaban J connectivity index is 2.89. The number of rotatable bonds is 6. The van der Waals surface area contributed by atoms with Gasteiger partial charge in [0.05, 0.1) is 4.08 Å². The predicted octanol–water partition coefficient (Wildman–Crippen LogP) is 6.61. The molecule has 9 heteroatoms. The van der Waals surface area contributed by atoms with Crippen molar-refractivity contribution >= 4 is 75.8 Å². The molecule has 0 atom stereocenters. The maximum atomic E-state index is 5.09. The number of H-pyrrole nitrogens is 1. The SMILES string of the molecule is C=C(C)N=C(SC(=C)C(C)(C)S)SC(C)(C)Sc1n[nH]c(=S)s1. The number of hydrogen-bond acceptors (Lipinski definition) is 8. The topological polar surface area (TPSA) is 41.0 Å². The quantitative estimate of drug-likeness (QED) is 0.135. The highest BCUT2D eigenvalue weighted by Crippen LogP contribution is 2.46. The van der Waals surface area contributed by atoms with Crippen molar-refractivity contribution in [3.05, 3.63) is 27.7 Å². The molecule has 0 unspecified atom stereocenters. The Labute approximate surface area is 165 Å². The van der Waals surface area contributed by atoms with Crippen LogP contribution >= 0.6 is 71.5 Å². The molecule has 128 valence electrons. The average Bonchev–Trinajstić information content (AvgIpc) is 2.70. The van der Waals surface area contributed by atoms with Crippen molar-refractivity contribution < 1.29 is 0 Å². The van der Waals surface area contributed by atoms with Gasteiger partial charge in [-0.25, -0.2) is 4.99 Å². The van der Waals surface area contributed by atoms with Crippen LogP contribution in [-0.4, -0.2) is 23.4 Å². The molecule has 0 saturated heterocycles. The normalized spacial score (nSPS) is 13.2. The first-order chi connectivity index (χ1) is 10.4. The minimum Gasteiger partial charge on any atom is -0.257 e. The van der Waals surface area contributed by atoms with Crippen LogP contribution < -0.4 is 0 Å². The van der Waals surface area contributed by atoms with Gasteiger partial charge in [-0.3, -0.25) is 5.10 Å². The van der Waals surface area contributed by atoms with Gasteiger partial charge < -0.3 is 0 Å². The molecule has 0 aliphatic rings. The molecule has 3 nitrogen and oxygen atoms in total. The summed E-state index contributed by atoms with van der Waals surface area (Å²) in [6.07, 6.45) is 0. The van der Waals surface area contributed by atoms with Crippen LogP contribution in [0.5, 0.6) is 0 Å². The van der Waals surface area contributed by atoms with Crippen LogP contribution in [0, 0.1) is 3.95 Å². The van der Waals surface area contributed by atoms with Crippen LogP contribution in [0.25, 0.3) is 0 Å². The minimum atomic E-state index is -0.278. The summed E-state index contributed by atoms with van der Waals surface area (Å²) in [6, 6.07) is 0. The molecule has 1 N–H and O–H groups in total. The molecular formula is C14H21N3S6. The number of nitrogens with zero attached hydrogens (tertiary/aromatic N) is 2. The fourth-order valence-electron chi connectivity index (χ4n) is 1.15. The highest BCUT2D eigenvalue weighted by Gasteiger charge is 2.27. The summed E-state index contributed by atoms with van der Waals surface area (Å²) in [6.45, 7) is 18.2. The van der Waals surface area contributed by atoms with E-state index in [0.29, 0.717) is 3.95 Å². The van der Waals surface area contributed by atoms with Gasteiger partial charge in [-0.15, -0.1) is 0 Å². The lowest BCUT2D eigenvalue weighted by atomic mass is 10.2. The number of allylic oxidation sites excluding steroid dienone is 1. The van der Waals surface area contributed by atoms with E-state index >= 15 is 0 Å². The van der Waals surface area contributed by atoms with Gasteiger partial charge in [-0.2, -0.15) is 17.7 Å². The van der Waals surface area contributed by atoms with E-state index in [1.165, 1.54) is 11.3 Å². The lowest BCUT2D eigenvalue weighted by Crippen LogP contribution is -2.15. The maximum absolute atomic E-state index is 5.09. The maximum Gasteiger partial charge on any atom is 0.177 e. The molecule has 23 heavy (non-hydrogen) atoms. The molecule has 1 heterocycles. The number of aromatic nitrogens is 2. The molecule has 0 spiro atoms. The van der Waals surface area contributed by atoms with Gasteiger partial charge in [0.1, 0.15) is 4.38 Å². The first-order valence-electron chi connectivity index (χ1n) is 6.66. The van der Waals surface area contributed by atoms with Crippen LogP contribution in [0.1, 0.15) is 34.6 Å². The highest BCUT2D eigenvalue weighted by atomic mass is 32.2. The van der Waals surface area contributed by atoms with Crippen LogP contribution in [-0.2, 0) is 0 Å². The van der Waals surface area contributed by atoms with Crippen molar-refractivity contribution in [2.75, 3.05) is 0 Å². The second-order valence-corrected chi connectivity index (χ2v) is 13.5. The standard InChI is InChI=1S/C14H21N3S6/c1-8(2)15-11(20-9(3)13(4,5)19)22-14(6,7)23-12-17-16-10(18)21-12/h19H,1,3H2,2,4-7H3,(H,16,18). The lowest BCUT2D eigenvalue weighted by Gasteiger charge is -2.25. The average molecular weight is 424 g/mol. The van der Waals surface area contributed by atoms with E-state index in [1.54, 1.807) is 35.3 Å². The molecule has 0 aliphatic carbocycles. The minimum absolute atomic E-state index is 0.157. The van der Waals surface area contributed by atoms with Crippen LogP contribution in [0.3, 0.4) is 0 Å². The van der Waals surface area contributed by atoms with E-state index in [9.17, 15) is 0 Å². The molecule has 0 fully saturated rings. The number of thiol groups is 1. The molecule has 0 saturated carbocycles. The Morgan fingerprint density at radius 3 is 2.39 bits per heavy atom. The predicted molar refractivity (Wildman–Crippen MR) is 117 cm³/mol. The Bertz CT molecular complexity index is 663. The Morgan fingerprint density at radius 1 is 1.35 bits per heavy atom. The third-order valence-corrected chi connectivity index (χ3v) is 7.60. The van der Waals surface area contributed by atoms with E-state index in [2.05, 4.69) is 54.8 Å². The number of hydrogen-bond donors (Lipinski definition) is 2. The van der Waals surface area contributed by atoms with Crippen LogP contribution in [0.2, 0.25) is 0 Å². The summed E-state index contributed by atoms with van der Waals surface area (Å²) in [4.78, 5) is 5.51. The van der Waals surface area contributed by atoms with E-state index < -0.39 is 0 Å². The molecule has 0 aromatic carbocycles. The summed E-state index contributed by atoms with van der Waals surface area (Å²) in [5, 5.41) is 7.02. The zero-order valence-corrected chi connectivity index (χ0v) is 18.8. The Kier molecular flexibility index (Phi) is 8.01. The second-order valence-electron chi connectivity index (χ2n) is 5.68. The Hall–Kier alpha value is 0.330. The second kappa shape index (κ2) is 8.62. The van der Waals surface area contributed by atoms with Gasteiger partial charge in [-0.1, -0.05) is 59.8 Å². The van der Waals surface area contributed by atoms with Gasteiger partial charge in [0, 0.05) is 10.4 Å². The summed E-state index contributed by atoms with van der Waals surface area (Å²) in [5.41, 5.74) is 0.765. The number of nitrogens with one attached hydrogen (secondary N) is 1. The van der Waals surface area contributed by atoms with Gasteiger partial charge in [-0.05, 0) is 51.7 Å². The summed E-state index contributed by atoms with van der Waals surface area (Å²) in [5.74, 6) is 0. The van der Waals surface area contributed by atoms with Crippen molar-refractivity contribution in [2.24, 2.45) is 4.99 Å². The van der Waals surface area contributed by atoms with E-state index in [1.807, 2.05) is 20.8 Å². The van der Waals surface area contributed by atoms with Gasteiger partial charge in [0.15, 0.2) is 8.29 Å². The van der Waals surface area contributed by atoms with Gasteiger partial charge >= 0.3 is 0 Å². The number of thioether (sulfide) groups is 3. The monoisotopic (exact) mass is 423 g/mol. The summed E-state index contributed by atoms with van der Waals surface area (Å²) in [7, 11) is 0. The fraction of sp³-hybridized carbons (Fsp3) is 0.500. The molecule has 1 aromatic heterocycles. The van der Waals surface area contributed by atoms with Crippen molar-refractivity contribution in [1.29, 1.82) is 0 Å². The first-order valence-corrected chi connectivity index (χ1v) is 10.8. The van der Waals surface area contributed by atoms with Gasteiger partial charge in [0.2, 0.25) is 0 Å². The molecule has 1 rings (SSSR count). The first kappa shape index (κ1) is 21.4. The summed E-state index contributed by atoms with van der Waals surface area (Å²) < 4.78 is 2.07. The Morgan fingerprint density at radius 2 is 1.96 bits per heavy atom. The number of aliphatic imine (C=N–C) groups is 1. The van der Waals surface area contributed by atoms with Crippen LogP contribution in [0.4, 0.5) is 0 Å². The van der Waals surface area contributed by atoms with Gasteiger partial charge in [0.25, 0.3) is 0 Å². The zero-order chi connectivity index (χ0) is 17.8. The third kappa shape index (κ3) is 8.31. The van der Waals surface area contributed by atoms with Crippen molar-refractivity contribution in [1.82, 2.24) is 10.2 Å². The van der Waals surface area contributed by atoms with Crippen molar-refractivity contribution in [3.8, 4) is 0 Å². The molecule has 1 aromatic rings. The molecule has 0 radical (unpaired) electrons. The third-order valence-electron chi connectivity index (χ3n) is 2.26. The molecule has 0 amide bonds. The van der Waals surface area contributed by atoms with E-state index in [4.69, 9.17) is 12.2 Å². The molecule has 0 bridgehead atoms. The number of aromatic amines is 1. The molecule has 0 aliphatic heterocycles. The highest BCUT2D eigenvalue weighted by molar-refractivity contribution is 8.43. The molecular weight excluding hydrogens is 403 g/mol. The largest absolute Gasteiger partial charge is 0.257 e. The van der Waals surface area contributed by atoms with E-state index in [0.717, 1.165) is 19.3 Å². The lowest BCUT2D eigenvalue weighted by molar-refractivity contribution is 0.897. The smallest absolute Gasteiger partial charge is 0.177 e. The summed E-state index contributed by atoms with van der Waals surface area (Å²) >= 11 is 16.0. The van der Waals surface area contributed by atoms with Crippen molar-refractivity contribution in [3.63, 3.8) is 0 Å². The van der Waals surface area contributed by atoms with E-state index in [-0.39, 0.29) is 8.83 Å². The fourth-order valence-corrected chi connectivity index (χ4v) is 6.96.